The molecule has 0 saturated heterocycles. The summed E-state index contributed by atoms with van der Waals surface area (Å²) in [5.41, 5.74) is 6.33. The summed E-state index contributed by atoms with van der Waals surface area (Å²) in [5.74, 6) is 0. The van der Waals surface area contributed by atoms with Crippen LogP contribution >= 0.6 is 11.3 Å². The molecule has 0 radical (unpaired) electrons. The molecule has 16 heavy (non-hydrogen) atoms. The minimum Gasteiger partial charge on any atom is -0.365 e. The molecule has 3 nitrogen and oxygen atoms in total. The smallest absolute Gasteiger partial charge is 0.365 e. The number of thiazole rings is 1. The van der Waals surface area contributed by atoms with Crippen molar-refractivity contribution in [2.45, 2.75) is 31.2 Å². The molecular formula is C9H11F3N2OS. The summed E-state index contributed by atoms with van der Waals surface area (Å²) in [5, 5.41) is 2.33. The molecule has 1 aliphatic rings. The highest BCUT2D eigenvalue weighted by atomic mass is 32.1. The van der Waals surface area contributed by atoms with Crippen LogP contribution in [-0.4, -0.2) is 17.8 Å². The molecule has 1 aromatic heterocycles. The lowest BCUT2D eigenvalue weighted by atomic mass is 10.2. The number of hydrogen-bond acceptors (Lipinski definition) is 4. The average molecular weight is 252 g/mol. The van der Waals surface area contributed by atoms with E-state index in [4.69, 9.17) is 5.73 Å². The van der Waals surface area contributed by atoms with Crippen LogP contribution < -0.4 is 5.73 Å². The van der Waals surface area contributed by atoms with Crippen LogP contribution in [0, 0.1) is 0 Å². The lowest BCUT2D eigenvalue weighted by Gasteiger charge is -2.06. The fourth-order valence-corrected chi connectivity index (χ4v) is 2.09. The van der Waals surface area contributed by atoms with Crippen molar-refractivity contribution in [2.24, 2.45) is 5.73 Å². The molecule has 0 unspecified atom stereocenters. The number of nitrogens with two attached hydrogens (primary N) is 1. The summed E-state index contributed by atoms with van der Waals surface area (Å²) in [4.78, 5) is 4.16. The fraction of sp³-hybridized carbons (Fsp3) is 0.667. The SMILES string of the molecule is NC1(c2csc(COCC(F)(F)F)n2)CC1. The number of aromatic nitrogens is 1. The van der Waals surface area contributed by atoms with Crippen LogP contribution in [0.15, 0.2) is 5.38 Å². The second-order valence-electron chi connectivity index (χ2n) is 3.89. The predicted molar refractivity (Wildman–Crippen MR) is 52.9 cm³/mol. The molecule has 1 heterocycles. The third-order valence-corrected chi connectivity index (χ3v) is 3.16. The summed E-state index contributed by atoms with van der Waals surface area (Å²) >= 11 is 1.28. The van der Waals surface area contributed by atoms with Gasteiger partial charge in [-0.3, -0.25) is 0 Å². The van der Waals surface area contributed by atoms with Gasteiger partial charge < -0.3 is 10.5 Å². The van der Waals surface area contributed by atoms with Gasteiger partial charge in [-0.15, -0.1) is 11.3 Å². The van der Waals surface area contributed by atoms with E-state index in [0.717, 1.165) is 18.5 Å². The summed E-state index contributed by atoms with van der Waals surface area (Å²) in [6, 6.07) is 0. The first kappa shape index (κ1) is 11.8. The monoisotopic (exact) mass is 252 g/mol. The molecule has 1 saturated carbocycles. The van der Waals surface area contributed by atoms with Gasteiger partial charge in [0.25, 0.3) is 0 Å². The van der Waals surface area contributed by atoms with E-state index in [9.17, 15) is 13.2 Å². The first-order valence-electron chi connectivity index (χ1n) is 4.77. The Labute approximate surface area is 94.4 Å². The third kappa shape index (κ3) is 2.93. The number of halogens is 3. The molecule has 1 fully saturated rings. The Morgan fingerprint density at radius 2 is 2.19 bits per heavy atom. The lowest BCUT2D eigenvalue weighted by molar-refractivity contribution is -0.176. The third-order valence-electron chi connectivity index (χ3n) is 2.34. The van der Waals surface area contributed by atoms with E-state index in [2.05, 4.69) is 9.72 Å². The van der Waals surface area contributed by atoms with Gasteiger partial charge in [0.05, 0.1) is 17.8 Å². The zero-order valence-corrected chi connectivity index (χ0v) is 9.20. The minimum absolute atomic E-state index is 0.111. The van der Waals surface area contributed by atoms with Crippen LogP contribution in [0.3, 0.4) is 0 Å². The van der Waals surface area contributed by atoms with Crippen LogP contribution in [0.2, 0.25) is 0 Å². The van der Waals surface area contributed by atoms with Gasteiger partial charge in [0.1, 0.15) is 11.6 Å². The number of rotatable bonds is 4. The normalized spacial score (nSPS) is 18.8. The number of hydrogen-bond donors (Lipinski definition) is 1. The van der Waals surface area contributed by atoms with E-state index >= 15 is 0 Å². The summed E-state index contributed by atoms with van der Waals surface area (Å²) < 4.78 is 39.9. The van der Waals surface area contributed by atoms with Crippen molar-refractivity contribution in [3.63, 3.8) is 0 Å². The first-order valence-corrected chi connectivity index (χ1v) is 5.65. The molecule has 2 rings (SSSR count). The van der Waals surface area contributed by atoms with Crippen LogP contribution in [-0.2, 0) is 16.9 Å². The molecular weight excluding hydrogens is 241 g/mol. The molecule has 0 atom stereocenters. The van der Waals surface area contributed by atoms with E-state index in [-0.39, 0.29) is 12.1 Å². The van der Waals surface area contributed by atoms with Gasteiger partial charge in [-0.05, 0) is 12.8 Å². The molecule has 7 heteroatoms. The van der Waals surface area contributed by atoms with E-state index in [1.165, 1.54) is 11.3 Å². The Balaban J connectivity index is 1.84. The Morgan fingerprint density at radius 1 is 1.50 bits per heavy atom. The van der Waals surface area contributed by atoms with Gasteiger partial charge in [0.2, 0.25) is 0 Å². The first-order chi connectivity index (χ1) is 7.39. The zero-order chi connectivity index (χ0) is 11.8. The largest absolute Gasteiger partial charge is 0.411 e. The van der Waals surface area contributed by atoms with Crippen molar-refractivity contribution in [1.29, 1.82) is 0 Å². The van der Waals surface area contributed by atoms with Crippen molar-refractivity contribution < 1.29 is 17.9 Å². The molecule has 1 aromatic rings. The Morgan fingerprint density at radius 3 is 2.75 bits per heavy atom. The Hall–Kier alpha value is -0.660. The lowest BCUT2D eigenvalue weighted by Crippen LogP contribution is -2.19. The second kappa shape index (κ2) is 3.97. The van der Waals surface area contributed by atoms with Crippen molar-refractivity contribution in [2.75, 3.05) is 6.61 Å². The van der Waals surface area contributed by atoms with Gasteiger partial charge >= 0.3 is 6.18 Å². The molecule has 2 N–H and O–H groups in total. The Kier molecular flexibility index (Phi) is 2.93. The maximum Gasteiger partial charge on any atom is 0.411 e. The molecule has 1 aliphatic carbocycles. The van der Waals surface area contributed by atoms with Gasteiger partial charge in [-0.25, -0.2) is 4.98 Å². The van der Waals surface area contributed by atoms with Crippen molar-refractivity contribution in [1.82, 2.24) is 4.98 Å². The summed E-state index contributed by atoms with van der Waals surface area (Å²) in [6.07, 6.45) is -2.51. The van der Waals surface area contributed by atoms with E-state index in [0.29, 0.717) is 5.01 Å². The number of alkyl halides is 3. The zero-order valence-electron chi connectivity index (χ0n) is 8.38. The van der Waals surface area contributed by atoms with Crippen molar-refractivity contribution >= 4 is 11.3 Å². The molecule has 0 aromatic carbocycles. The summed E-state index contributed by atoms with van der Waals surface area (Å²) in [7, 11) is 0. The molecule has 0 spiro atoms. The van der Waals surface area contributed by atoms with E-state index in [1.54, 1.807) is 5.38 Å². The molecule has 90 valence electrons. The number of ether oxygens (including phenoxy) is 1. The van der Waals surface area contributed by atoms with Crippen LogP contribution in [0.25, 0.3) is 0 Å². The van der Waals surface area contributed by atoms with Crippen LogP contribution in [0.1, 0.15) is 23.5 Å². The standard InChI is InChI=1S/C9H11F3N2OS/c10-9(11,12)5-15-3-7-14-6(4-16-7)8(13)1-2-8/h4H,1-3,5,13H2. The topological polar surface area (TPSA) is 48.1 Å². The second-order valence-corrected chi connectivity index (χ2v) is 4.83. The minimum atomic E-state index is -4.29. The van der Waals surface area contributed by atoms with Crippen molar-refractivity contribution in [3.05, 3.63) is 16.1 Å². The van der Waals surface area contributed by atoms with Gasteiger partial charge in [0, 0.05) is 5.38 Å². The average Bonchev–Trinajstić information content (AvgIpc) is 2.75. The molecule has 0 bridgehead atoms. The van der Waals surface area contributed by atoms with Crippen molar-refractivity contribution in [3.8, 4) is 0 Å². The number of nitrogens with zero attached hydrogens (tertiary/aromatic N) is 1. The van der Waals surface area contributed by atoms with E-state index in [1.807, 2.05) is 0 Å². The van der Waals surface area contributed by atoms with Gasteiger partial charge in [0.15, 0.2) is 0 Å². The maximum absolute atomic E-state index is 11.8. The highest BCUT2D eigenvalue weighted by Gasteiger charge is 2.42. The maximum atomic E-state index is 11.8. The molecule has 0 amide bonds. The highest BCUT2D eigenvalue weighted by molar-refractivity contribution is 7.09. The van der Waals surface area contributed by atoms with Crippen LogP contribution in [0.4, 0.5) is 13.2 Å². The quantitative estimate of drug-likeness (QED) is 0.893. The van der Waals surface area contributed by atoms with Gasteiger partial charge in [-0.2, -0.15) is 13.2 Å². The molecule has 0 aliphatic heterocycles. The summed E-state index contributed by atoms with van der Waals surface area (Å²) in [6.45, 7) is -1.35. The van der Waals surface area contributed by atoms with Crippen LogP contribution in [0.5, 0.6) is 0 Å². The van der Waals surface area contributed by atoms with Gasteiger partial charge in [-0.1, -0.05) is 0 Å². The van der Waals surface area contributed by atoms with E-state index < -0.39 is 12.8 Å². The predicted octanol–water partition coefficient (Wildman–Crippen LogP) is 2.17. The highest BCUT2D eigenvalue weighted by Crippen LogP contribution is 2.42. The fourth-order valence-electron chi connectivity index (χ4n) is 1.25. The Bertz CT molecular complexity index is 373.